The molecule has 1 aromatic rings. The number of halogens is 3. The van der Waals surface area contributed by atoms with E-state index in [1.807, 2.05) is 30.3 Å². The Morgan fingerprint density at radius 1 is 1.22 bits per heavy atom. The second kappa shape index (κ2) is 5.28. The van der Waals surface area contributed by atoms with Gasteiger partial charge < -0.3 is 4.74 Å². The highest BCUT2D eigenvalue weighted by molar-refractivity contribution is 5.14. The number of ether oxygens (including phenoxy) is 1. The van der Waals surface area contributed by atoms with Crippen LogP contribution < -0.4 is 0 Å². The lowest BCUT2D eigenvalue weighted by Crippen LogP contribution is -2.51. The van der Waals surface area contributed by atoms with Gasteiger partial charge in [-0.3, -0.25) is 4.90 Å². The summed E-state index contributed by atoms with van der Waals surface area (Å²) < 4.78 is 43.0. The van der Waals surface area contributed by atoms with Gasteiger partial charge in [-0.05, 0) is 12.5 Å². The Morgan fingerprint density at radius 3 is 2.50 bits per heavy atom. The maximum atomic E-state index is 12.7. The predicted octanol–water partition coefficient (Wildman–Crippen LogP) is 2.84. The molecule has 1 aliphatic heterocycles. The van der Waals surface area contributed by atoms with Gasteiger partial charge in [-0.2, -0.15) is 13.2 Å². The Labute approximate surface area is 104 Å². The van der Waals surface area contributed by atoms with E-state index in [0.717, 1.165) is 5.56 Å². The molecule has 5 heteroatoms. The maximum absolute atomic E-state index is 12.7. The van der Waals surface area contributed by atoms with Crippen LogP contribution in [0.25, 0.3) is 0 Å². The van der Waals surface area contributed by atoms with Crippen molar-refractivity contribution in [2.24, 2.45) is 0 Å². The minimum absolute atomic E-state index is 0.0945. The summed E-state index contributed by atoms with van der Waals surface area (Å²) in [6, 6.07) is 9.51. The summed E-state index contributed by atoms with van der Waals surface area (Å²) in [7, 11) is 0. The molecule has 0 amide bonds. The molecule has 1 saturated heterocycles. The van der Waals surface area contributed by atoms with Crippen LogP contribution in [0.5, 0.6) is 0 Å². The van der Waals surface area contributed by atoms with E-state index in [4.69, 9.17) is 4.74 Å². The zero-order valence-electron chi connectivity index (χ0n) is 10.2. The van der Waals surface area contributed by atoms with Crippen molar-refractivity contribution in [3.05, 3.63) is 35.9 Å². The summed E-state index contributed by atoms with van der Waals surface area (Å²) in [6.45, 7) is 2.64. The smallest absolute Gasteiger partial charge is 0.363 e. The number of alkyl halides is 3. The van der Waals surface area contributed by atoms with Gasteiger partial charge in [-0.15, -0.1) is 0 Å². The van der Waals surface area contributed by atoms with Crippen LogP contribution in [0.3, 0.4) is 0 Å². The topological polar surface area (TPSA) is 12.5 Å². The van der Waals surface area contributed by atoms with E-state index < -0.39 is 18.4 Å². The van der Waals surface area contributed by atoms with E-state index in [-0.39, 0.29) is 6.54 Å². The first-order chi connectivity index (χ1) is 8.45. The van der Waals surface area contributed by atoms with Crippen molar-refractivity contribution >= 4 is 0 Å². The lowest BCUT2D eigenvalue weighted by Gasteiger charge is -2.37. The molecule has 1 aliphatic rings. The second-order valence-corrected chi connectivity index (χ2v) is 4.66. The highest BCUT2D eigenvalue weighted by Gasteiger charge is 2.44. The third-order valence-electron chi connectivity index (χ3n) is 2.95. The molecule has 1 fully saturated rings. The van der Waals surface area contributed by atoms with Crippen molar-refractivity contribution in [1.82, 2.24) is 4.90 Å². The van der Waals surface area contributed by atoms with Gasteiger partial charge in [0.2, 0.25) is 0 Å². The molecule has 2 nitrogen and oxygen atoms in total. The monoisotopic (exact) mass is 259 g/mol. The van der Waals surface area contributed by atoms with Gasteiger partial charge in [0.1, 0.15) is 0 Å². The molecule has 0 N–H and O–H groups in total. The Balaban J connectivity index is 2.01. The van der Waals surface area contributed by atoms with E-state index in [2.05, 4.69) is 0 Å². The van der Waals surface area contributed by atoms with Crippen LogP contribution in [0.1, 0.15) is 12.5 Å². The van der Waals surface area contributed by atoms with E-state index in [1.165, 1.54) is 0 Å². The van der Waals surface area contributed by atoms with Gasteiger partial charge in [-0.25, -0.2) is 0 Å². The average Bonchev–Trinajstić information content (AvgIpc) is 2.28. The molecular weight excluding hydrogens is 243 g/mol. The van der Waals surface area contributed by atoms with Crippen molar-refractivity contribution in [3.8, 4) is 0 Å². The third kappa shape index (κ3) is 3.46. The number of benzene rings is 1. The van der Waals surface area contributed by atoms with Gasteiger partial charge in [0, 0.05) is 19.6 Å². The lowest BCUT2D eigenvalue weighted by atomic mass is 10.1. The number of morpholine rings is 1. The fourth-order valence-corrected chi connectivity index (χ4v) is 2.19. The number of hydrogen-bond acceptors (Lipinski definition) is 2. The van der Waals surface area contributed by atoms with Crippen molar-refractivity contribution in [3.63, 3.8) is 0 Å². The van der Waals surface area contributed by atoms with Crippen LogP contribution in [0.15, 0.2) is 30.3 Å². The molecule has 0 spiro atoms. The number of hydrogen-bond donors (Lipinski definition) is 0. The van der Waals surface area contributed by atoms with Crippen LogP contribution in [0.2, 0.25) is 0 Å². The largest absolute Gasteiger partial charge is 0.415 e. The third-order valence-corrected chi connectivity index (χ3v) is 2.95. The number of nitrogens with zero attached hydrogens (tertiary/aromatic N) is 1. The van der Waals surface area contributed by atoms with Crippen molar-refractivity contribution in [2.45, 2.75) is 31.9 Å². The summed E-state index contributed by atoms with van der Waals surface area (Å²) in [5, 5.41) is 0. The first-order valence-corrected chi connectivity index (χ1v) is 5.93. The molecule has 0 radical (unpaired) electrons. The van der Waals surface area contributed by atoms with E-state index in [9.17, 15) is 13.2 Å². The summed E-state index contributed by atoms with van der Waals surface area (Å²) in [5.41, 5.74) is 1.02. The van der Waals surface area contributed by atoms with E-state index in [1.54, 1.807) is 11.8 Å². The van der Waals surface area contributed by atoms with Crippen molar-refractivity contribution in [1.29, 1.82) is 0 Å². The average molecular weight is 259 g/mol. The normalized spacial score (nSPS) is 26.2. The Hall–Kier alpha value is -1.07. The highest BCUT2D eigenvalue weighted by Crippen LogP contribution is 2.28. The van der Waals surface area contributed by atoms with Gasteiger partial charge >= 0.3 is 6.18 Å². The standard InChI is InChI=1S/C13H16F3NO/c1-10-7-17(8-11-5-3-2-4-6-11)9-12(18-10)13(14,15)16/h2-6,10,12H,7-9H2,1H3/t10-,12-/m1/s1. The highest BCUT2D eigenvalue weighted by atomic mass is 19.4. The number of rotatable bonds is 2. The fourth-order valence-electron chi connectivity index (χ4n) is 2.19. The molecule has 18 heavy (non-hydrogen) atoms. The molecule has 0 bridgehead atoms. The summed E-state index contributed by atoms with van der Waals surface area (Å²) in [5.74, 6) is 0. The molecule has 100 valence electrons. The minimum atomic E-state index is -4.29. The minimum Gasteiger partial charge on any atom is -0.363 e. The first-order valence-electron chi connectivity index (χ1n) is 5.93. The Morgan fingerprint density at radius 2 is 1.89 bits per heavy atom. The SMILES string of the molecule is C[C@@H]1CN(Cc2ccccc2)C[C@H](C(F)(F)F)O1. The van der Waals surface area contributed by atoms with Crippen molar-refractivity contribution < 1.29 is 17.9 Å². The van der Waals surface area contributed by atoms with Crippen LogP contribution in [0.4, 0.5) is 13.2 Å². The molecule has 0 aliphatic carbocycles. The molecule has 1 aromatic carbocycles. The zero-order chi connectivity index (χ0) is 13.2. The Kier molecular flexibility index (Phi) is 3.92. The Bertz CT molecular complexity index is 380. The summed E-state index contributed by atoms with van der Waals surface area (Å²) in [6.07, 6.45) is -6.36. The van der Waals surface area contributed by atoms with Gasteiger partial charge in [-0.1, -0.05) is 30.3 Å². The van der Waals surface area contributed by atoms with Crippen LogP contribution >= 0.6 is 0 Å². The molecule has 1 heterocycles. The quantitative estimate of drug-likeness (QED) is 0.809. The van der Waals surface area contributed by atoms with Gasteiger partial charge in [0.15, 0.2) is 6.10 Å². The van der Waals surface area contributed by atoms with Crippen LogP contribution in [0, 0.1) is 0 Å². The van der Waals surface area contributed by atoms with E-state index in [0.29, 0.717) is 13.1 Å². The molecular formula is C13H16F3NO. The van der Waals surface area contributed by atoms with Gasteiger partial charge in [0.05, 0.1) is 6.10 Å². The zero-order valence-corrected chi connectivity index (χ0v) is 10.2. The maximum Gasteiger partial charge on any atom is 0.415 e. The van der Waals surface area contributed by atoms with Crippen molar-refractivity contribution in [2.75, 3.05) is 13.1 Å². The fraction of sp³-hybridized carbons (Fsp3) is 0.538. The molecule has 2 atom stereocenters. The molecule has 2 rings (SSSR count). The van der Waals surface area contributed by atoms with Gasteiger partial charge in [0.25, 0.3) is 0 Å². The van der Waals surface area contributed by atoms with Crippen LogP contribution in [-0.2, 0) is 11.3 Å². The first kappa shape index (κ1) is 13.4. The molecule has 0 unspecified atom stereocenters. The summed E-state index contributed by atoms with van der Waals surface area (Å²) in [4.78, 5) is 1.79. The van der Waals surface area contributed by atoms with E-state index >= 15 is 0 Å². The predicted molar refractivity (Wildman–Crippen MR) is 62.1 cm³/mol. The molecule has 0 aromatic heterocycles. The lowest BCUT2D eigenvalue weighted by molar-refractivity contribution is -0.252. The van der Waals surface area contributed by atoms with Crippen LogP contribution in [-0.4, -0.2) is 36.4 Å². The molecule has 0 saturated carbocycles. The summed E-state index contributed by atoms with van der Waals surface area (Å²) >= 11 is 0. The second-order valence-electron chi connectivity index (χ2n) is 4.66.